The zero-order chi connectivity index (χ0) is 22.0. The lowest BCUT2D eigenvalue weighted by Crippen LogP contribution is -2.66. The number of carbonyl (C=O) groups is 2. The second-order valence-corrected chi connectivity index (χ2v) is 13.1. The summed E-state index contributed by atoms with van der Waals surface area (Å²) in [5, 5.41) is 0. The van der Waals surface area contributed by atoms with Gasteiger partial charge in [0, 0.05) is 35.6 Å². The summed E-state index contributed by atoms with van der Waals surface area (Å²) in [6.07, 6.45) is 8.53. The molecule has 0 aromatic rings. The Kier molecular flexibility index (Phi) is 3.81. The topological polar surface area (TPSA) is 102 Å². The van der Waals surface area contributed by atoms with E-state index < -0.39 is 21.2 Å². The van der Waals surface area contributed by atoms with Gasteiger partial charge in [-0.3, -0.25) is 9.59 Å². The number of ether oxygens (including phenoxy) is 2. The quantitative estimate of drug-likeness (QED) is 0.512. The summed E-state index contributed by atoms with van der Waals surface area (Å²) in [4.78, 5) is 24.4. The van der Waals surface area contributed by atoms with Gasteiger partial charge in [-0.25, -0.2) is 13.1 Å². The van der Waals surface area contributed by atoms with E-state index in [9.17, 15) is 18.0 Å². The van der Waals surface area contributed by atoms with Crippen LogP contribution < -0.4 is 4.72 Å². The maximum Gasteiger partial charge on any atom is 0.306 e. The molecule has 31 heavy (non-hydrogen) atoms. The minimum absolute atomic E-state index is 0.00000378. The van der Waals surface area contributed by atoms with Gasteiger partial charge in [0.15, 0.2) is 5.78 Å². The van der Waals surface area contributed by atoms with Gasteiger partial charge in [-0.2, -0.15) is 0 Å². The molecule has 8 atom stereocenters. The molecule has 2 spiro atoms. The van der Waals surface area contributed by atoms with Crippen molar-refractivity contribution in [2.45, 2.75) is 88.6 Å². The van der Waals surface area contributed by atoms with Crippen molar-refractivity contribution in [3.8, 4) is 0 Å². The van der Waals surface area contributed by atoms with Crippen LogP contribution in [-0.2, 0) is 29.1 Å². The van der Waals surface area contributed by atoms with E-state index in [1.807, 2.05) is 0 Å². The molecule has 3 saturated carbocycles. The molecule has 6 aliphatic rings. The van der Waals surface area contributed by atoms with Crippen LogP contribution in [-0.4, -0.2) is 49.8 Å². The summed E-state index contributed by atoms with van der Waals surface area (Å²) in [6.45, 7) is 4.46. The fraction of sp³-hybridized carbons (Fsp3) is 0.826. The first-order valence-electron chi connectivity index (χ1n) is 11.6. The molecule has 0 bridgehead atoms. The van der Waals surface area contributed by atoms with Crippen molar-refractivity contribution in [2.75, 3.05) is 6.26 Å². The number of sulfonamides is 1. The average molecular weight is 450 g/mol. The lowest BCUT2D eigenvalue weighted by molar-refractivity contribution is -0.164. The summed E-state index contributed by atoms with van der Waals surface area (Å²) >= 11 is 0. The molecule has 2 heterocycles. The van der Waals surface area contributed by atoms with Crippen LogP contribution in [0.2, 0.25) is 0 Å². The van der Waals surface area contributed by atoms with Gasteiger partial charge >= 0.3 is 5.97 Å². The molecule has 2 aliphatic heterocycles. The predicted molar refractivity (Wildman–Crippen MR) is 111 cm³/mol. The maximum atomic E-state index is 12.4. The summed E-state index contributed by atoms with van der Waals surface area (Å²) in [7, 11) is -3.44. The molecule has 2 saturated heterocycles. The number of hydrogen-bond donors (Lipinski definition) is 1. The summed E-state index contributed by atoms with van der Waals surface area (Å²) in [5.41, 5.74) is -0.351. The molecule has 0 aromatic carbocycles. The van der Waals surface area contributed by atoms with Crippen molar-refractivity contribution in [3.63, 3.8) is 0 Å². The van der Waals surface area contributed by atoms with Gasteiger partial charge in [0.2, 0.25) is 10.0 Å². The number of hydrogen-bond acceptors (Lipinski definition) is 6. The Hall–Kier alpha value is -1.25. The first-order chi connectivity index (χ1) is 14.4. The van der Waals surface area contributed by atoms with Gasteiger partial charge in [-0.05, 0) is 50.5 Å². The van der Waals surface area contributed by atoms with Crippen molar-refractivity contribution in [1.29, 1.82) is 0 Å². The second-order valence-electron chi connectivity index (χ2n) is 11.3. The molecule has 8 heteroatoms. The van der Waals surface area contributed by atoms with Crippen molar-refractivity contribution >= 4 is 21.8 Å². The van der Waals surface area contributed by atoms with Crippen LogP contribution >= 0.6 is 0 Å². The molecule has 7 nitrogen and oxygen atoms in total. The zero-order valence-electron chi connectivity index (χ0n) is 18.4. The third-order valence-electron chi connectivity index (χ3n) is 10.1. The molecule has 4 aliphatic carbocycles. The Morgan fingerprint density at radius 3 is 2.58 bits per heavy atom. The van der Waals surface area contributed by atoms with Gasteiger partial charge in [-0.1, -0.05) is 19.4 Å². The Labute approximate surface area is 183 Å². The molecule has 6 rings (SSSR count). The van der Waals surface area contributed by atoms with E-state index in [-0.39, 0.29) is 46.6 Å². The number of fused-ring (bicyclic) bond motifs is 4. The number of esters is 1. The summed E-state index contributed by atoms with van der Waals surface area (Å²) in [5.74, 6) is 0.205. The van der Waals surface area contributed by atoms with Crippen molar-refractivity contribution in [1.82, 2.24) is 4.72 Å². The molecule has 1 N–H and O–H groups in total. The van der Waals surface area contributed by atoms with E-state index in [0.29, 0.717) is 19.3 Å². The molecular weight excluding hydrogens is 418 g/mol. The molecular formula is C23H31NO6S. The minimum atomic E-state index is -3.44. The first kappa shape index (κ1) is 20.4. The minimum Gasteiger partial charge on any atom is -0.458 e. The van der Waals surface area contributed by atoms with Crippen LogP contribution in [0.3, 0.4) is 0 Å². The van der Waals surface area contributed by atoms with Gasteiger partial charge in [0.1, 0.15) is 11.2 Å². The standard InChI is InChI=1S/C23H31NO6S/c1-20-7-4-14(25)10-13(20)11-16(24-31(3,27)28)19-15-5-8-22(9-6-18(26)30-22)21(15,2)12-17-23(19,20)29-17/h10,15-17,19,24H,4-9,11-12H2,1-3H3/t15?,16-,17+,19?,20+,21+,22-,23?/m1/s1. The Morgan fingerprint density at radius 2 is 1.90 bits per heavy atom. The fourth-order valence-electron chi connectivity index (χ4n) is 8.69. The van der Waals surface area contributed by atoms with Crippen molar-refractivity contribution in [2.24, 2.45) is 22.7 Å². The summed E-state index contributed by atoms with van der Waals surface area (Å²) in [6, 6.07) is -0.317. The van der Waals surface area contributed by atoms with E-state index in [2.05, 4.69) is 18.6 Å². The van der Waals surface area contributed by atoms with E-state index in [0.717, 1.165) is 37.7 Å². The smallest absolute Gasteiger partial charge is 0.306 e. The van der Waals surface area contributed by atoms with E-state index in [1.165, 1.54) is 6.26 Å². The van der Waals surface area contributed by atoms with Crippen molar-refractivity contribution < 1.29 is 27.5 Å². The molecule has 5 fully saturated rings. The molecule has 0 radical (unpaired) electrons. The monoisotopic (exact) mass is 449 g/mol. The van der Waals surface area contributed by atoms with Crippen LogP contribution in [0.1, 0.15) is 65.2 Å². The van der Waals surface area contributed by atoms with Crippen LogP contribution in [0.15, 0.2) is 11.6 Å². The van der Waals surface area contributed by atoms with Gasteiger partial charge in [0.05, 0.1) is 12.4 Å². The van der Waals surface area contributed by atoms with Crippen LogP contribution in [0, 0.1) is 22.7 Å². The average Bonchev–Trinajstić information content (AvgIpc) is 3.14. The number of nitrogens with one attached hydrogen (secondary N) is 1. The lowest BCUT2D eigenvalue weighted by atomic mass is 9.45. The number of rotatable bonds is 2. The molecule has 0 amide bonds. The van der Waals surface area contributed by atoms with Crippen LogP contribution in [0.25, 0.3) is 0 Å². The lowest BCUT2D eigenvalue weighted by Gasteiger charge is -2.59. The SMILES string of the molecule is C[C@]12CCC(=O)C=C1C[C@@H](NS(C)(=O)=O)C1C3CC[C@@]4(CCC(=O)O4)[C@@]3(C)C[C@@H]3OC132. The van der Waals surface area contributed by atoms with Gasteiger partial charge < -0.3 is 9.47 Å². The highest BCUT2D eigenvalue weighted by molar-refractivity contribution is 7.88. The van der Waals surface area contributed by atoms with Crippen LogP contribution in [0.5, 0.6) is 0 Å². The maximum absolute atomic E-state index is 12.4. The second kappa shape index (κ2) is 5.81. The van der Waals surface area contributed by atoms with Gasteiger partial charge in [-0.15, -0.1) is 0 Å². The number of ketones is 1. The fourth-order valence-corrected chi connectivity index (χ4v) is 9.47. The first-order valence-corrected chi connectivity index (χ1v) is 13.4. The molecule has 0 aromatic heterocycles. The normalized spacial score (nSPS) is 52.7. The third-order valence-corrected chi connectivity index (χ3v) is 10.8. The predicted octanol–water partition coefficient (Wildman–Crippen LogP) is 2.25. The highest BCUT2D eigenvalue weighted by Crippen LogP contribution is 2.77. The Balaban J connectivity index is 1.48. The van der Waals surface area contributed by atoms with Crippen molar-refractivity contribution in [3.05, 3.63) is 11.6 Å². The zero-order valence-corrected chi connectivity index (χ0v) is 19.2. The summed E-state index contributed by atoms with van der Waals surface area (Å²) < 4.78 is 40.3. The van der Waals surface area contributed by atoms with Gasteiger partial charge in [0.25, 0.3) is 0 Å². The molecule has 170 valence electrons. The third kappa shape index (κ3) is 2.39. The Bertz CT molecular complexity index is 1040. The highest BCUT2D eigenvalue weighted by Gasteiger charge is 2.83. The number of epoxide rings is 1. The highest BCUT2D eigenvalue weighted by atomic mass is 32.2. The number of carbonyl (C=O) groups excluding carboxylic acids is 2. The Morgan fingerprint density at radius 1 is 1.13 bits per heavy atom. The van der Waals surface area contributed by atoms with E-state index in [4.69, 9.17) is 9.47 Å². The van der Waals surface area contributed by atoms with E-state index in [1.54, 1.807) is 6.08 Å². The van der Waals surface area contributed by atoms with E-state index >= 15 is 0 Å². The largest absolute Gasteiger partial charge is 0.458 e. The van der Waals surface area contributed by atoms with Crippen LogP contribution in [0.4, 0.5) is 0 Å². The molecule has 3 unspecified atom stereocenters.